The Morgan fingerprint density at radius 1 is 1.15 bits per heavy atom. The number of hydrogen-bond acceptors (Lipinski definition) is 4. The van der Waals surface area contributed by atoms with Gasteiger partial charge < -0.3 is 15.5 Å². The molecule has 4 heteroatoms. The van der Waals surface area contributed by atoms with Crippen molar-refractivity contribution in [2.45, 2.75) is 58.7 Å². The zero-order valence-electron chi connectivity index (χ0n) is 17.1. The van der Waals surface area contributed by atoms with Crippen molar-refractivity contribution in [3.05, 3.63) is 59.4 Å². The van der Waals surface area contributed by atoms with Crippen LogP contribution in [0, 0.1) is 13.8 Å². The number of pyridine rings is 1. The maximum absolute atomic E-state index is 5.93. The molecule has 27 heavy (non-hydrogen) atoms. The molecule has 0 bridgehead atoms. The normalized spacial score (nSPS) is 17.0. The van der Waals surface area contributed by atoms with Crippen molar-refractivity contribution < 1.29 is 0 Å². The topological polar surface area (TPSA) is 45.4 Å². The fraction of sp³-hybridized carbons (Fsp3) is 0.522. The van der Waals surface area contributed by atoms with Crippen LogP contribution in [0.4, 0.5) is 5.69 Å². The Morgan fingerprint density at radius 2 is 1.85 bits per heavy atom. The molecule has 1 aliphatic heterocycles. The Morgan fingerprint density at radius 3 is 2.48 bits per heavy atom. The van der Waals surface area contributed by atoms with E-state index < -0.39 is 0 Å². The number of piperidine rings is 1. The van der Waals surface area contributed by atoms with Gasteiger partial charge in [-0.2, -0.15) is 0 Å². The SMILES string of the molecule is Cc1ccc(N(Cc2cnccc2C)C2CCN(CCC(C)N)CC2)cc1. The summed E-state index contributed by atoms with van der Waals surface area (Å²) < 4.78 is 0. The lowest BCUT2D eigenvalue weighted by molar-refractivity contribution is 0.203. The Hall–Kier alpha value is -1.91. The Kier molecular flexibility index (Phi) is 6.86. The van der Waals surface area contributed by atoms with Gasteiger partial charge >= 0.3 is 0 Å². The van der Waals surface area contributed by atoms with Crippen LogP contribution in [0.2, 0.25) is 0 Å². The largest absolute Gasteiger partial charge is 0.364 e. The summed E-state index contributed by atoms with van der Waals surface area (Å²) in [4.78, 5) is 9.52. The van der Waals surface area contributed by atoms with Crippen LogP contribution in [-0.4, -0.2) is 41.6 Å². The molecule has 0 radical (unpaired) electrons. The van der Waals surface area contributed by atoms with Gasteiger partial charge in [0.1, 0.15) is 0 Å². The third-order valence-corrected chi connectivity index (χ3v) is 5.75. The van der Waals surface area contributed by atoms with E-state index in [4.69, 9.17) is 5.73 Å². The zero-order valence-corrected chi connectivity index (χ0v) is 17.1. The molecule has 2 heterocycles. The first-order valence-electron chi connectivity index (χ1n) is 10.2. The Balaban J connectivity index is 1.73. The maximum atomic E-state index is 5.93. The van der Waals surface area contributed by atoms with E-state index in [-0.39, 0.29) is 0 Å². The van der Waals surface area contributed by atoms with Gasteiger partial charge in [-0.15, -0.1) is 0 Å². The molecule has 1 aromatic heterocycles. The van der Waals surface area contributed by atoms with Crippen LogP contribution in [0.1, 0.15) is 42.9 Å². The summed E-state index contributed by atoms with van der Waals surface area (Å²) >= 11 is 0. The molecular formula is C23H34N4. The van der Waals surface area contributed by atoms with Gasteiger partial charge in [0.2, 0.25) is 0 Å². The summed E-state index contributed by atoms with van der Waals surface area (Å²) in [6.07, 6.45) is 7.39. The van der Waals surface area contributed by atoms with Gasteiger partial charge in [0, 0.05) is 49.8 Å². The standard InChI is InChI=1S/C23H34N4/c1-18-4-6-22(7-5-18)27(17-21-16-25-12-8-19(21)2)23-10-14-26(15-11-23)13-9-20(3)24/h4-8,12,16,20,23H,9-11,13-15,17,24H2,1-3H3. The minimum atomic E-state index is 0.292. The summed E-state index contributed by atoms with van der Waals surface area (Å²) in [5.74, 6) is 0. The molecule has 1 fully saturated rings. The number of likely N-dealkylation sites (tertiary alicyclic amines) is 1. The van der Waals surface area contributed by atoms with Gasteiger partial charge in [0.15, 0.2) is 0 Å². The van der Waals surface area contributed by atoms with Gasteiger partial charge in [-0.1, -0.05) is 17.7 Å². The molecule has 0 spiro atoms. The van der Waals surface area contributed by atoms with Gasteiger partial charge in [-0.25, -0.2) is 0 Å². The van der Waals surface area contributed by atoms with Crippen LogP contribution < -0.4 is 10.6 Å². The summed E-state index contributed by atoms with van der Waals surface area (Å²) in [7, 11) is 0. The molecule has 2 aromatic rings. The second-order valence-electron chi connectivity index (χ2n) is 8.10. The van der Waals surface area contributed by atoms with Crippen molar-refractivity contribution in [2.24, 2.45) is 5.73 Å². The van der Waals surface area contributed by atoms with E-state index in [1.54, 1.807) is 0 Å². The first-order chi connectivity index (χ1) is 13.0. The molecule has 1 unspecified atom stereocenters. The number of nitrogens with zero attached hydrogens (tertiary/aromatic N) is 3. The van der Waals surface area contributed by atoms with Gasteiger partial charge in [0.25, 0.3) is 0 Å². The molecule has 0 aliphatic carbocycles. The maximum Gasteiger partial charge on any atom is 0.0450 e. The van der Waals surface area contributed by atoms with E-state index in [1.807, 2.05) is 12.4 Å². The van der Waals surface area contributed by atoms with Crippen LogP contribution in [0.15, 0.2) is 42.7 Å². The monoisotopic (exact) mass is 366 g/mol. The lowest BCUT2D eigenvalue weighted by Gasteiger charge is -2.40. The molecule has 1 aliphatic rings. The molecular weight excluding hydrogens is 332 g/mol. The van der Waals surface area contributed by atoms with Crippen LogP contribution in [0.3, 0.4) is 0 Å². The second kappa shape index (κ2) is 9.34. The van der Waals surface area contributed by atoms with Crippen LogP contribution in [0.25, 0.3) is 0 Å². The Labute approximate surface area is 164 Å². The van der Waals surface area contributed by atoms with Crippen molar-refractivity contribution in [1.29, 1.82) is 0 Å². The average Bonchev–Trinajstić information content (AvgIpc) is 2.67. The van der Waals surface area contributed by atoms with Crippen molar-refractivity contribution >= 4 is 5.69 Å². The molecule has 1 atom stereocenters. The van der Waals surface area contributed by atoms with E-state index in [1.165, 1.54) is 35.2 Å². The number of nitrogens with two attached hydrogens (primary N) is 1. The number of hydrogen-bond donors (Lipinski definition) is 1. The van der Waals surface area contributed by atoms with E-state index >= 15 is 0 Å². The number of aryl methyl sites for hydroxylation is 2. The minimum Gasteiger partial charge on any atom is -0.364 e. The lowest BCUT2D eigenvalue weighted by atomic mass is 10.00. The first-order valence-corrected chi connectivity index (χ1v) is 10.2. The number of benzene rings is 1. The predicted octanol–water partition coefficient (Wildman–Crippen LogP) is 3.91. The highest BCUT2D eigenvalue weighted by atomic mass is 15.2. The van der Waals surface area contributed by atoms with Crippen molar-refractivity contribution in [2.75, 3.05) is 24.5 Å². The quantitative estimate of drug-likeness (QED) is 0.807. The molecule has 1 aromatic carbocycles. The lowest BCUT2D eigenvalue weighted by Crippen LogP contribution is -2.45. The van der Waals surface area contributed by atoms with Crippen LogP contribution >= 0.6 is 0 Å². The van der Waals surface area contributed by atoms with E-state index in [9.17, 15) is 0 Å². The molecule has 2 N–H and O–H groups in total. The zero-order chi connectivity index (χ0) is 19.2. The predicted molar refractivity (Wildman–Crippen MR) is 114 cm³/mol. The van der Waals surface area contributed by atoms with E-state index in [2.05, 4.69) is 65.9 Å². The summed E-state index contributed by atoms with van der Waals surface area (Å²) in [5.41, 5.74) is 11.2. The van der Waals surface area contributed by atoms with Gasteiger partial charge in [-0.05, 0) is 75.9 Å². The van der Waals surface area contributed by atoms with E-state index in [0.717, 1.165) is 32.6 Å². The van der Waals surface area contributed by atoms with Crippen molar-refractivity contribution in [3.8, 4) is 0 Å². The third kappa shape index (κ3) is 5.53. The summed E-state index contributed by atoms with van der Waals surface area (Å²) in [6.45, 7) is 10.8. The molecule has 0 saturated carbocycles. The molecule has 3 rings (SSSR count). The summed E-state index contributed by atoms with van der Waals surface area (Å²) in [5, 5.41) is 0. The average molecular weight is 367 g/mol. The molecule has 1 saturated heterocycles. The number of rotatable bonds is 7. The fourth-order valence-corrected chi connectivity index (χ4v) is 3.85. The Bertz CT molecular complexity index is 703. The van der Waals surface area contributed by atoms with Gasteiger partial charge in [0.05, 0.1) is 0 Å². The highest BCUT2D eigenvalue weighted by molar-refractivity contribution is 5.49. The summed E-state index contributed by atoms with van der Waals surface area (Å²) in [6, 6.07) is 11.9. The fourth-order valence-electron chi connectivity index (χ4n) is 3.85. The number of aromatic nitrogens is 1. The smallest absolute Gasteiger partial charge is 0.0450 e. The van der Waals surface area contributed by atoms with Crippen molar-refractivity contribution in [3.63, 3.8) is 0 Å². The third-order valence-electron chi connectivity index (χ3n) is 5.75. The second-order valence-corrected chi connectivity index (χ2v) is 8.10. The molecule has 146 valence electrons. The first kappa shape index (κ1) is 19.8. The van der Waals surface area contributed by atoms with Crippen LogP contribution in [-0.2, 0) is 6.54 Å². The highest BCUT2D eigenvalue weighted by Crippen LogP contribution is 2.27. The van der Waals surface area contributed by atoms with Crippen LogP contribution in [0.5, 0.6) is 0 Å². The van der Waals surface area contributed by atoms with Crippen molar-refractivity contribution in [1.82, 2.24) is 9.88 Å². The van der Waals surface area contributed by atoms with Gasteiger partial charge in [-0.3, -0.25) is 4.98 Å². The minimum absolute atomic E-state index is 0.292. The molecule has 0 amide bonds. The molecule has 4 nitrogen and oxygen atoms in total. The number of anilines is 1. The highest BCUT2D eigenvalue weighted by Gasteiger charge is 2.25. The van der Waals surface area contributed by atoms with E-state index in [0.29, 0.717) is 12.1 Å².